The summed E-state index contributed by atoms with van der Waals surface area (Å²) in [6, 6.07) is -1.31. The standard InChI is InChI=1S/C15H17BrN2O6S2/c1-4-6-24-11(20)8-14(2,3)26(22,23)13-15(16,12(21)18(8)13)9(19)10-17-5-7-25-10/h4-5,7-9,13,19H,1,6H2,2-3H3/t8-,9?,13+,15-/m0/s1. The number of nitrogens with zero attached hydrogens (tertiary/aromatic N) is 2. The second-order valence-corrected chi connectivity index (χ2v) is 11.4. The SMILES string of the molecule is C=CCOC(=O)[C@@H]1N2C(=O)[C@@](Br)(C(O)c3nccs3)[C@H]2S(=O)(=O)C1(C)C. The summed E-state index contributed by atoms with van der Waals surface area (Å²) in [5.41, 5.74) is 0. The fourth-order valence-electron chi connectivity index (χ4n) is 3.37. The van der Waals surface area contributed by atoms with Gasteiger partial charge in [0, 0.05) is 11.6 Å². The Hall–Kier alpha value is -1.30. The summed E-state index contributed by atoms with van der Waals surface area (Å²) in [5.74, 6) is -1.52. The molecule has 1 aromatic rings. The van der Waals surface area contributed by atoms with Gasteiger partial charge >= 0.3 is 5.97 Å². The Morgan fingerprint density at radius 3 is 2.81 bits per heavy atom. The molecule has 26 heavy (non-hydrogen) atoms. The summed E-state index contributed by atoms with van der Waals surface area (Å²) in [6.45, 7) is 6.09. The van der Waals surface area contributed by atoms with Crippen LogP contribution in [0.25, 0.3) is 0 Å². The lowest BCUT2D eigenvalue weighted by Gasteiger charge is -2.50. The van der Waals surface area contributed by atoms with Gasteiger partial charge in [0.05, 0.1) is 0 Å². The minimum absolute atomic E-state index is 0.0979. The number of ether oxygens (including phenoxy) is 1. The highest BCUT2D eigenvalue weighted by atomic mass is 79.9. The summed E-state index contributed by atoms with van der Waals surface area (Å²) in [7, 11) is -4.01. The molecule has 0 aliphatic carbocycles. The molecule has 1 unspecified atom stereocenters. The van der Waals surface area contributed by atoms with Gasteiger partial charge in [0.1, 0.15) is 28.5 Å². The molecule has 3 rings (SSSR count). The smallest absolute Gasteiger partial charge is 0.330 e. The van der Waals surface area contributed by atoms with Crippen LogP contribution in [0, 0.1) is 0 Å². The number of thiazole rings is 1. The van der Waals surface area contributed by atoms with Crippen molar-refractivity contribution in [3.63, 3.8) is 0 Å². The van der Waals surface area contributed by atoms with E-state index < -0.39 is 48.3 Å². The Morgan fingerprint density at radius 1 is 1.62 bits per heavy atom. The van der Waals surface area contributed by atoms with Crippen LogP contribution in [0.1, 0.15) is 25.0 Å². The first-order valence-electron chi connectivity index (χ1n) is 7.63. The van der Waals surface area contributed by atoms with Gasteiger partial charge in [-0.15, -0.1) is 11.3 Å². The zero-order chi connectivity index (χ0) is 19.5. The lowest BCUT2D eigenvalue weighted by Crippen LogP contribution is -2.74. The van der Waals surface area contributed by atoms with E-state index in [1.54, 1.807) is 5.38 Å². The molecule has 2 fully saturated rings. The van der Waals surface area contributed by atoms with Crippen molar-refractivity contribution in [1.29, 1.82) is 0 Å². The number of amides is 1. The number of carbonyl (C=O) groups is 2. The Labute approximate surface area is 162 Å². The molecule has 0 radical (unpaired) electrons. The van der Waals surface area contributed by atoms with Gasteiger partial charge in [0.25, 0.3) is 0 Å². The Bertz CT molecular complexity index is 869. The summed E-state index contributed by atoms with van der Waals surface area (Å²) in [6.07, 6.45) is 1.33. The van der Waals surface area contributed by atoms with Crippen molar-refractivity contribution in [2.45, 2.75) is 40.4 Å². The van der Waals surface area contributed by atoms with Crippen LogP contribution < -0.4 is 0 Å². The number of halogens is 1. The Kier molecular flexibility index (Phi) is 4.57. The van der Waals surface area contributed by atoms with E-state index in [0.29, 0.717) is 0 Å². The molecule has 0 spiro atoms. The maximum absolute atomic E-state index is 13.1. The van der Waals surface area contributed by atoms with Gasteiger partial charge in [-0.3, -0.25) is 4.79 Å². The zero-order valence-electron chi connectivity index (χ0n) is 14.0. The van der Waals surface area contributed by atoms with E-state index in [4.69, 9.17) is 4.74 Å². The number of sulfone groups is 1. The first-order chi connectivity index (χ1) is 12.0. The van der Waals surface area contributed by atoms with Gasteiger partial charge in [-0.25, -0.2) is 18.2 Å². The van der Waals surface area contributed by atoms with Crippen molar-refractivity contribution in [1.82, 2.24) is 9.88 Å². The van der Waals surface area contributed by atoms with Crippen molar-refractivity contribution in [2.75, 3.05) is 6.61 Å². The summed E-state index contributed by atoms with van der Waals surface area (Å²) in [4.78, 5) is 30.2. The number of rotatable bonds is 5. The molecule has 1 amide bonds. The molecule has 0 bridgehead atoms. The van der Waals surface area contributed by atoms with Crippen molar-refractivity contribution in [2.24, 2.45) is 0 Å². The van der Waals surface area contributed by atoms with E-state index in [-0.39, 0.29) is 11.6 Å². The van der Waals surface area contributed by atoms with Crippen LogP contribution in [0.3, 0.4) is 0 Å². The number of carbonyl (C=O) groups excluding carboxylic acids is 2. The molecule has 8 nitrogen and oxygen atoms in total. The summed E-state index contributed by atoms with van der Waals surface area (Å²) in [5, 5.41) is 11.0. The average molecular weight is 465 g/mol. The normalized spacial score (nSPS) is 32.5. The monoisotopic (exact) mass is 464 g/mol. The lowest BCUT2D eigenvalue weighted by atomic mass is 9.87. The van der Waals surface area contributed by atoms with Gasteiger partial charge < -0.3 is 14.7 Å². The van der Waals surface area contributed by atoms with Gasteiger partial charge in [-0.05, 0) is 13.8 Å². The Morgan fingerprint density at radius 2 is 2.27 bits per heavy atom. The molecule has 0 saturated carbocycles. The molecule has 1 aromatic heterocycles. The van der Waals surface area contributed by atoms with Crippen molar-refractivity contribution in [3.8, 4) is 0 Å². The topological polar surface area (TPSA) is 114 Å². The minimum atomic E-state index is -4.01. The van der Waals surface area contributed by atoms with Crippen LogP contribution in [0.4, 0.5) is 0 Å². The third-order valence-electron chi connectivity index (χ3n) is 4.79. The van der Waals surface area contributed by atoms with Crippen molar-refractivity contribution < 1.29 is 27.9 Å². The lowest BCUT2D eigenvalue weighted by molar-refractivity contribution is -0.167. The van der Waals surface area contributed by atoms with Crippen LogP contribution in [-0.2, 0) is 24.2 Å². The number of esters is 1. The van der Waals surface area contributed by atoms with Gasteiger partial charge in [0.15, 0.2) is 19.5 Å². The number of aromatic nitrogens is 1. The highest BCUT2D eigenvalue weighted by Crippen LogP contribution is 2.58. The molecule has 0 aromatic carbocycles. The largest absolute Gasteiger partial charge is 0.460 e. The first-order valence-corrected chi connectivity index (χ1v) is 10.8. The third-order valence-corrected chi connectivity index (χ3v) is 10.0. The predicted octanol–water partition coefficient (Wildman–Crippen LogP) is 0.783. The van der Waals surface area contributed by atoms with E-state index in [9.17, 15) is 23.1 Å². The fourth-order valence-corrected chi connectivity index (χ4v) is 7.89. The highest BCUT2D eigenvalue weighted by molar-refractivity contribution is 9.10. The molecular weight excluding hydrogens is 448 g/mol. The third kappa shape index (κ3) is 2.26. The van der Waals surface area contributed by atoms with E-state index in [2.05, 4.69) is 27.5 Å². The van der Waals surface area contributed by atoms with E-state index in [1.807, 2.05) is 0 Å². The van der Waals surface area contributed by atoms with Gasteiger partial charge in [-0.2, -0.15) is 0 Å². The average Bonchev–Trinajstić information content (AvgIpc) is 3.15. The number of β-lactam (4-membered cyclic amide) rings is 1. The molecule has 2 saturated heterocycles. The first kappa shape index (κ1) is 19.5. The number of aliphatic hydroxyl groups excluding tert-OH is 1. The highest BCUT2D eigenvalue weighted by Gasteiger charge is 2.80. The number of alkyl halides is 1. The minimum Gasteiger partial charge on any atom is -0.460 e. The maximum atomic E-state index is 13.1. The van der Waals surface area contributed by atoms with Crippen LogP contribution in [0.2, 0.25) is 0 Å². The molecule has 142 valence electrons. The van der Waals surface area contributed by atoms with E-state index >= 15 is 0 Å². The maximum Gasteiger partial charge on any atom is 0.330 e. The van der Waals surface area contributed by atoms with Crippen molar-refractivity contribution in [3.05, 3.63) is 29.2 Å². The van der Waals surface area contributed by atoms with Gasteiger partial charge in [0.2, 0.25) is 5.91 Å². The number of hydrogen-bond acceptors (Lipinski definition) is 8. The number of aliphatic hydroxyl groups is 1. The van der Waals surface area contributed by atoms with E-state index in [0.717, 1.165) is 16.2 Å². The molecule has 11 heteroatoms. The van der Waals surface area contributed by atoms with Crippen molar-refractivity contribution >= 4 is 49.0 Å². The second-order valence-electron chi connectivity index (χ2n) is 6.58. The zero-order valence-corrected chi connectivity index (χ0v) is 17.2. The molecule has 1 N–H and O–H groups in total. The fraction of sp³-hybridized carbons (Fsp3) is 0.533. The molecule has 2 aliphatic heterocycles. The molecule has 4 atom stereocenters. The van der Waals surface area contributed by atoms with Crippen LogP contribution in [-0.4, -0.2) is 62.4 Å². The molecular formula is C15H17BrN2O6S2. The summed E-state index contributed by atoms with van der Waals surface area (Å²) >= 11 is 4.26. The Balaban J connectivity index is 2.05. The summed E-state index contributed by atoms with van der Waals surface area (Å²) < 4.78 is 27.9. The van der Waals surface area contributed by atoms with Crippen LogP contribution in [0.5, 0.6) is 0 Å². The number of hydrogen-bond donors (Lipinski definition) is 1. The van der Waals surface area contributed by atoms with Gasteiger partial charge in [-0.1, -0.05) is 28.6 Å². The van der Waals surface area contributed by atoms with Crippen LogP contribution >= 0.6 is 27.3 Å². The second kappa shape index (κ2) is 6.11. The van der Waals surface area contributed by atoms with E-state index in [1.165, 1.54) is 26.1 Å². The quantitative estimate of drug-likeness (QED) is 0.296. The molecule has 2 aliphatic rings. The molecule has 3 heterocycles. The predicted molar refractivity (Wildman–Crippen MR) is 97.3 cm³/mol. The van der Waals surface area contributed by atoms with Crippen LogP contribution in [0.15, 0.2) is 24.2 Å². The number of fused-ring (bicyclic) bond motifs is 1.